The van der Waals surface area contributed by atoms with Crippen LogP contribution in [0.5, 0.6) is 0 Å². The number of rotatable bonds is 4. The molecule has 1 aromatic heterocycles. The molecule has 0 spiro atoms. The van der Waals surface area contributed by atoms with E-state index in [0.717, 1.165) is 23.1 Å². The molecule has 1 aromatic rings. The highest BCUT2D eigenvalue weighted by Crippen LogP contribution is 2.29. The molecule has 0 saturated carbocycles. The minimum atomic E-state index is 0.0419. The summed E-state index contributed by atoms with van der Waals surface area (Å²) in [5.41, 5.74) is 0.0419. The Morgan fingerprint density at radius 1 is 1.40 bits per heavy atom. The predicted molar refractivity (Wildman–Crippen MR) is 67.4 cm³/mol. The topological polar surface area (TPSA) is 37.8 Å². The lowest BCUT2D eigenvalue weighted by Crippen LogP contribution is -2.33. The van der Waals surface area contributed by atoms with Gasteiger partial charge in [0, 0.05) is 5.54 Å². The van der Waals surface area contributed by atoms with Crippen LogP contribution in [0.25, 0.3) is 0 Å². The van der Waals surface area contributed by atoms with Crippen LogP contribution in [0.3, 0.4) is 0 Å². The molecule has 0 radical (unpaired) electrons. The Bertz CT molecular complexity index is 339. The maximum absolute atomic E-state index is 5.89. The SMILES string of the molecule is CCC(C)(CC)Nc1ncnc(Cl)c1Br. The van der Waals surface area contributed by atoms with Crippen molar-refractivity contribution in [1.82, 2.24) is 9.97 Å². The van der Waals surface area contributed by atoms with Crippen molar-refractivity contribution in [3.63, 3.8) is 0 Å². The van der Waals surface area contributed by atoms with Crippen LogP contribution in [0.4, 0.5) is 5.82 Å². The van der Waals surface area contributed by atoms with Gasteiger partial charge in [0.2, 0.25) is 0 Å². The van der Waals surface area contributed by atoms with Crippen LogP contribution < -0.4 is 5.32 Å². The van der Waals surface area contributed by atoms with E-state index in [1.54, 1.807) is 0 Å². The zero-order chi connectivity index (χ0) is 11.5. The molecule has 0 aliphatic carbocycles. The van der Waals surface area contributed by atoms with Crippen molar-refractivity contribution in [2.24, 2.45) is 0 Å². The number of hydrogen-bond donors (Lipinski definition) is 1. The highest BCUT2D eigenvalue weighted by atomic mass is 79.9. The second-order valence-corrected chi connectivity index (χ2v) is 4.87. The van der Waals surface area contributed by atoms with Crippen molar-refractivity contribution in [1.29, 1.82) is 0 Å². The summed E-state index contributed by atoms with van der Waals surface area (Å²) < 4.78 is 0.722. The molecule has 3 nitrogen and oxygen atoms in total. The molecule has 15 heavy (non-hydrogen) atoms. The highest BCUT2D eigenvalue weighted by molar-refractivity contribution is 9.10. The molecule has 0 aromatic carbocycles. The molecule has 0 bridgehead atoms. The lowest BCUT2D eigenvalue weighted by atomic mass is 9.96. The van der Waals surface area contributed by atoms with Gasteiger partial charge in [-0.1, -0.05) is 25.4 Å². The van der Waals surface area contributed by atoms with E-state index in [2.05, 4.69) is 52.0 Å². The molecular formula is C10H15BrClN3. The lowest BCUT2D eigenvalue weighted by Gasteiger charge is -2.29. The number of nitrogens with zero attached hydrogens (tertiary/aromatic N) is 2. The summed E-state index contributed by atoms with van der Waals surface area (Å²) in [7, 11) is 0. The molecule has 5 heteroatoms. The first-order valence-corrected chi connectivity index (χ1v) is 6.13. The molecule has 84 valence electrons. The van der Waals surface area contributed by atoms with E-state index in [0.29, 0.717) is 5.15 Å². The first-order chi connectivity index (χ1) is 7.02. The largest absolute Gasteiger partial charge is 0.364 e. The van der Waals surface area contributed by atoms with E-state index >= 15 is 0 Å². The first kappa shape index (κ1) is 12.7. The Labute approximate surface area is 104 Å². The summed E-state index contributed by atoms with van der Waals surface area (Å²) in [6.07, 6.45) is 3.51. The summed E-state index contributed by atoms with van der Waals surface area (Å²) in [4.78, 5) is 8.05. The second-order valence-electron chi connectivity index (χ2n) is 3.72. The number of nitrogens with one attached hydrogen (secondary N) is 1. The summed E-state index contributed by atoms with van der Waals surface area (Å²) in [6.45, 7) is 6.45. The minimum absolute atomic E-state index is 0.0419. The minimum Gasteiger partial charge on any atom is -0.364 e. The first-order valence-electron chi connectivity index (χ1n) is 4.96. The van der Waals surface area contributed by atoms with E-state index in [1.165, 1.54) is 6.33 Å². The van der Waals surface area contributed by atoms with Gasteiger partial charge >= 0.3 is 0 Å². The molecule has 0 saturated heterocycles. The van der Waals surface area contributed by atoms with Crippen molar-refractivity contribution in [2.45, 2.75) is 39.2 Å². The third-order valence-electron chi connectivity index (χ3n) is 2.73. The molecular weight excluding hydrogens is 277 g/mol. The fourth-order valence-corrected chi connectivity index (χ4v) is 1.59. The normalized spacial score (nSPS) is 11.5. The van der Waals surface area contributed by atoms with Gasteiger partial charge in [0.15, 0.2) is 0 Å². The van der Waals surface area contributed by atoms with E-state index in [4.69, 9.17) is 11.6 Å². The Morgan fingerprint density at radius 3 is 2.53 bits per heavy atom. The van der Waals surface area contributed by atoms with Crippen molar-refractivity contribution in [3.05, 3.63) is 16.0 Å². The molecule has 1 N–H and O–H groups in total. The van der Waals surface area contributed by atoms with Crippen molar-refractivity contribution in [2.75, 3.05) is 5.32 Å². The van der Waals surface area contributed by atoms with Gasteiger partial charge in [-0.15, -0.1) is 0 Å². The molecule has 0 aliphatic rings. The van der Waals surface area contributed by atoms with Crippen LogP contribution in [0.1, 0.15) is 33.6 Å². The lowest BCUT2D eigenvalue weighted by molar-refractivity contribution is 0.476. The van der Waals surface area contributed by atoms with Crippen LogP contribution in [-0.4, -0.2) is 15.5 Å². The summed E-state index contributed by atoms with van der Waals surface area (Å²) >= 11 is 9.26. The van der Waals surface area contributed by atoms with Gasteiger partial charge in [-0.05, 0) is 35.7 Å². The van der Waals surface area contributed by atoms with Crippen molar-refractivity contribution < 1.29 is 0 Å². The smallest absolute Gasteiger partial charge is 0.148 e. The van der Waals surface area contributed by atoms with E-state index in [1.807, 2.05) is 0 Å². The monoisotopic (exact) mass is 291 g/mol. The van der Waals surface area contributed by atoms with Gasteiger partial charge in [0.05, 0.1) is 4.47 Å². The number of halogens is 2. The Kier molecular flexibility index (Phi) is 4.34. The molecule has 1 rings (SSSR count). The molecule has 1 heterocycles. The van der Waals surface area contributed by atoms with Crippen molar-refractivity contribution >= 4 is 33.3 Å². The van der Waals surface area contributed by atoms with Crippen LogP contribution in [0.2, 0.25) is 5.15 Å². The van der Waals surface area contributed by atoms with E-state index in [9.17, 15) is 0 Å². The molecule has 0 fully saturated rings. The van der Waals surface area contributed by atoms with Gasteiger partial charge in [0.1, 0.15) is 17.3 Å². The van der Waals surface area contributed by atoms with Gasteiger partial charge in [-0.3, -0.25) is 0 Å². The van der Waals surface area contributed by atoms with Gasteiger partial charge in [-0.2, -0.15) is 0 Å². The quantitative estimate of drug-likeness (QED) is 0.856. The predicted octanol–water partition coefficient (Wildman–Crippen LogP) is 3.88. The number of anilines is 1. The third kappa shape index (κ3) is 3.05. The summed E-state index contributed by atoms with van der Waals surface area (Å²) in [6, 6.07) is 0. The standard InChI is InChI=1S/C10H15BrClN3/c1-4-10(3,5-2)15-9-7(11)8(12)13-6-14-9/h6H,4-5H2,1-3H3,(H,13,14,15). The Hall–Kier alpha value is -0.350. The summed E-state index contributed by atoms with van der Waals surface area (Å²) in [5.74, 6) is 0.751. The van der Waals surface area contributed by atoms with Gasteiger partial charge in [-0.25, -0.2) is 9.97 Å². The van der Waals surface area contributed by atoms with Crippen LogP contribution >= 0.6 is 27.5 Å². The van der Waals surface area contributed by atoms with Gasteiger partial charge < -0.3 is 5.32 Å². The summed E-state index contributed by atoms with van der Waals surface area (Å²) in [5, 5.41) is 3.81. The van der Waals surface area contributed by atoms with Crippen LogP contribution in [-0.2, 0) is 0 Å². The second kappa shape index (κ2) is 5.12. The fourth-order valence-electron chi connectivity index (χ4n) is 1.15. The zero-order valence-electron chi connectivity index (χ0n) is 9.14. The highest BCUT2D eigenvalue weighted by Gasteiger charge is 2.21. The maximum atomic E-state index is 5.89. The average molecular weight is 293 g/mol. The Morgan fingerprint density at radius 2 is 2.00 bits per heavy atom. The maximum Gasteiger partial charge on any atom is 0.148 e. The van der Waals surface area contributed by atoms with E-state index in [-0.39, 0.29) is 5.54 Å². The molecule has 0 amide bonds. The zero-order valence-corrected chi connectivity index (χ0v) is 11.5. The van der Waals surface area contributed by atoms with E-state index < -0.39 is 0 Å². The average Bonchev–Trinajstić information content (AvgIpc) is 2.25. The Balaban J connectivity index is 2.94. The number of hydrogen-bond acceptors (Lipinski definition) is 3. The third-order valence-corrected chi connectivity index (χ3v) is 3.99. The number of aromatic nitrogens is 2. The molecule has 0 unspecified atom stereocenters. The fraction of sp³-hybridized carbons (Fsp3) is 0.600. The molecule has 0 atom stereocenters. The van der Waals surface area contributed by atoms with Crippen LogP contribution in [0, 0.1) is 0 Å². The molecule has 0 aliphatic heterocycles. The van der Waals surface area contributed by atoms with Gasteiger partial charge in [0.25, 0.3) is 0 Å². The van der Waals surface area contributed by atoms with Crippen LogP contribution in [0.15, 0.2) is 10.8 Å². The van der Waals surface area contributed by atoms with Crippen molar-refractivity contribution in [3.8, 4) is 0 Å².